The minimum absolute atomic E-state index is 0.227. The highest BCUT2D eigenvalue weighted by Gasteiger charge is 2.54. The average Bonchev–Trinajstić information content (AvgIpc) is 3.12. The molecule has 0 aliphatic heterocycles. The second kappa shape index (κ2) is 6.62. The summed E-state index contributed by atoms with van der Waals surface area (Å²) in [5.41, 5.74) is 0.792. The van der Waals surface area contributed by atoms with Crippen LogP contribution in [0.25, 0.3) is 0 Å². The number of rotatable bonds is 2. The Kier molecular flexibility index (Phi) is 4.84. The van der Waals surface area contributed by atoms with Crippen molar-refractivity contribution in [3.05, 3.63) is 12.2 Å². The molecule has 0 radical (unpaired) electrons. The van der Waals surface area contributed by atoms with Gasteiger partial charge in [0.05, 0.1) is 11.2 Å². The zero-order chi connectivity index (χ0) is 18.6. The van der Waals surface area contributed by atoms with Crippen molar-refractivity contribution in [1.82, 2.24) is 0 Å². The molecule has 4 saturated carbocycles. The molecule has 0 heterocycles. The molecule has 4 aliphatic carbocycles. The Labute approximate surface area is 160 Å². The quantitative estimate of drug-likeness (QED) is 0.627. The lowest BCUT2D eigenvalue weighted by Gasteiger charge is -2.45. The summed E-state index contributed by atoms with van der Waals surface area (Å²) in [6, 6.07) is 0. The molecule has 0 aromatic heterocycles. The van der Waals surface area contributed by atoms with Crippen LogP contribution in [0.2, 0.25) is 0 Å². The van der Waals surface area contributed by atoms with Gasteiger partial charge in [0.1, 0.15) is 0 Å². The monoisotopic (exact) mass is 360 g/mol. The molecule has 2 heteroatoms. The van der Waals surface area contributed by atoms with Gasteiger partial charge in [-0.15, -0.1) is 0 Å². The van der Waals surface area contributed by atoms with Gasteiger partial charge in [-0.1, -0.05) is 37.8 Å². The highest BCUT2D eigenvalue weighted by atomic mass is 16.3. The van der Waals surface area contributed by atoms with Crippen LogP contribution >= 0.6 is 0 Å². The van der Waals surface area contributed by atoms with Crippen LogP contribution in [0.5, 0.6) is 0 Å². The molecule has 4 fully saturated rings. The summed E-state index contributed by atoms with van der Waals surface area (Å²) in [6.45, 7) is 8.75. The fraction of sp³-hybridized carbons (Fsp3) is 0.917. The Bertz CT molecular complexity index is 540. The van der Waals surface area contributed by atoms with Crippen LogP contribution in [0.3, 0.4) is 0 Å². The molecule has 4 aliphatic rings. The molecule has 1 spiro atoms. The number of allylic oxidation sites excluding steroid dienone is 1. The van der Waals surface area contributed by atoms with Crippen LogP contribution in [0, 0.1) is 29.1 Å². The molecule has 148 valence electrons. The average molecular weight is 361 g/mol. The number of fused-ring (bicyclic) bond motifs is 1. The van der Waals surface area contributed by atoms with E-state index in [-0.39, 0.29) is 11.8 Å². The topological polar surface area (TPSA) is 40.5 Å². The van der Waals surface area contributed by atoms with Crippen molar-refractivity contribution in [3.8, 4) is 0 Å². The Morgan fingerprint density at radius 3 is 2.04 bits per heavy atom. The summed E-state index contributed by atoms with van der Waals surface area (Å²) in [4.78, 5) is 0. The molecule has 0 amide bonds. The molecule has 2 nitrogen and oxygen atoms in total. The molecule has 26 heavy (non-hydrogen) atoms. The fourth-order valence-electron chi connectivity index (χ4n) is 7.69. The van der Waals surface area contributed by atoms with E-state index in [9.17, 15) is 10.2 Å². The minimum Gasteiger partial charge on any atom is -0.390 e. The fourth-order valence-corrected chi connectivity index (χ4v) is 7.69. The maximum absolute atomic E-state index is 11.1. The normalized spacial score (nSPS) is 48.3. The summed E-state index contributed by atoms with van der Waals surface area (Å²) in [5.74, 6) is 1.66. The summed E-state index contributed by atoms with van der Waals surface area (Å²) in [5, 5.41) is 22.2. The molecular formula is C24H40O2. The molecule has 0 aromatic carbocycles. The number of hydrogen-bond acceptors (Lipinski definition) is 2. The van der Waals surface area contributed by atoms with E-state index in [4.69, 9.17) is 6.58 Å². The van der Waals surface area contributed by atoms with Crippen molar-refractivity contribution < 1.29 is 10.2 Å². The Morgan fingerprint density at radius 2 is 1.35 bits per heavy atom. The molecule has 6 unspecified atom stereocenters. The van der Waals surface area contributed by atoms with Crippen molar-refractivity contribution in [2.24, 2.45) is 29.1 Å². The maximum Gasteiger partial charge on any atom is 0.0651 e. The van der Waals surface area contributed by atoms with E-state index >= 15 is 0 Å². The van der Waals surface area contributed by atoms with Crippen molar-refractivity contribution in [2.45, 2.75) is 109 Å². The van der Waals surface area contributed by atoms with E-state index in [1.165, 1.54) is 56.9 Å². The second-order valence-corrected chi connectivity index (χ2v) is 10.9. The van der Waals surface area contributed by atoms with E-state index in [1.807, 2.05) is 13.8 Å². The van der Waals surface area contributed by atoms with Gasteiger partial charge in [-0.2, -0.15) is 0 Å². The Morgan fingerprint density at radius 1 is 0.769 bits per heavy atom. The van der Waals surface area contributed by atoms with E-state index in [0.717, 1.165) is 32.1 Å². The lowest BCUT2D eigenvalue weighted by atomic mass is 9.60. The first-order valence-electron chi connectivity index (χ1n) is 11.4. The third-order valence-electron chi connectivity index (χ3n) is 9.31. The van der Waals surface area contributed by atoms with Gasteiger partial charge in [-0.3, -0.25) is 0 Å². The standard InChI is InChI=1S/C24H40O2/c1-17(19-8-4-5-11-24(19)12-6-7-13-24)18-9-14-22(2,25)20-10-15-23(3,26)21(20)16-18/h18-21,25-26H,1,4-16H2,2-3H3. The lowest BCUT2D eigenvalue weighted by Crippen LogP contribution is -2.41. The summed E-state index contributed by atoms with van der Waals surface area (Å²) in [6.07, 6.45) is 15.9. The second-order valence-electron chi connectivity index (χ2n) is 10.9. The first kappa shape index (κ1) is 19.0. The third kappa shape index (κ3) is 3.09. The Balaban J connectivity index is 1.57. The van der Waals surface area contributed by atoms with E-state index < -0.39 is 11.2 Å². The van der Waals surface area contributed by atoms with Gasteiger partial charge in [0, 0.05) is 0 Å². The largest absolute Gasteiger partial charge is 0.390 e. The van der Waals surface area contributed by atoms with Crippen molar-refractivity contribution in [2.75, 3.05) is 0 Å². The van der Waals surface area contributed by atoms with Crippen LogP contribution in [0.15, 0.2) is 12.2 Å². The highest BCUT2D eigenvalue weighted by Crippen LogP contribution is 2.58. The van der Waals surface area contributed by atoms with Gasteiger partial charge >= 0.3 is 0 Å². The van der Waals surface area contributed by atoms with Gasteiger partial charge < -0.3 is 10.2 Å². The molecule has 0 aromatic rings. The van der Waals surface area contributed by atoms with Gasteiger partial charge in [-0.05, 0) is 101 Å². The SMILES string of the molecule is C=C(C1CCC(C)(O)C2CCC(C)(O)C2C1)C1CCCCC12CCCC2. The lowest BCUT2D eigenvalue weighted by molar-refractivity contribution is -0.0540. The smallest absolute Gasteiger partial charge is 0.0651 e. The molecular weight excluding hydrogens is 320 g/mol. The third-order valence-corrected chi connectivity index (χ3v) is 9.31. The van der Waals surface area contributed by atoms with Crippen LogP contribution in [-0.2, 0) is 0 Å². The van der Waals surface area contributed by atoms with E-state index in [2.05, 4.69) is 0 Å². The van der Waals surface area contributed by atoms with E-state index in [1.54, 1.807) is 0 Å². The van der Waals surface area contributed by atoms with Gasteiger partial charge in [0.15, 0.2) is 0 Å². The van der Waals surface area contributed by atoms with Crippen LogP contribution in [0.1, 0.15) is 97.3 Å². The molecule has 0 bridgehead atoms. The van der Waals surface area contributed by atoms with Crippen molar-refractivity contribution in [3.63, 3.8) is 0 Å². The predicted molar refractivity (Wildman–Crippen MR) is 107 cm³/mol. The van der Waals surface area contributed by atoms with Crippen molar-refractivity contribution in [1.29, 1.82) is 0 Å². The first-order chi connectivity index (χ1) is 12.3. The van der Waals surface area contributed by atoms with Gasteiger partial charge in [0.25, 0.3) is 0 Å². The minimum atomic E-state index is -0.627. The van der Waals surface area contributed by atoms with Gasteiger partial charge in [0.2, 0.25) is 0 Å². The zero-order valence-electron chi connectivity index (χ0n) is 17.1. The zero-order valence-corrected chi connectivity index (χ0v) is 17.1. The highest BCUT2D eigenvalue weighted by molar-refractivity contribution is 5.16. The first-order valence-corrected chi connectivity index (χ1v) is 11.4. The Hall–Kier alpha value is -0.340. The molecule has 0 saturated heterocycles. The molecule has 2 N–H and O–H groups in total. The molecule has 4 rings (SSSR count). The number of hydrogen-bond donors (Lipinski definition) is 2. The molecule has 6 atom stereocenters. The summed E-state index contributed by atoms with van der Waals surface area (Å²) < 4.78 is 0. The summed E-state index contributed by atoms with van der Waals surface area (Å²) in [7, 11) is 0. The van der Waals surface area contributed by atoms with Crippen molar-refractivity contribution >= 4 is 0 Å². The maximum atomic E-state index is 11.1. The number of aliphatic hydroxyl groups is 2. The van der Waals surface area contributed by atoms with Crippen LogP contribution in [0.4, 0.5) is 0 Å². The van der Waals surface area contributed by atoms with Crippen LogP contribution < -0.4 is 0 Å². The van der Waals surface area contributed by atoms with E-state index in [0.29, 0.717) is 17.3 Å². The van der Waals surface area contributed by atoms with Gasteiger partial charge in [-0.25, -0.2) is 0 Å². The van der Waals surface area contributed by atoms with Crippen LogP contribution in [-0.4, -0.2) is 21.4 Å². The summed E-state index contributed by atoms with van der Waals surface area (Å²) >= 11 is 0. The predicted octanol–water partition coefficient (Wildman–Crippen LogP) is 5.62.